The van der Waals surface area contributed by atoms with Crippen molar-refractivity contribution in [2.45, 2.75) is 38.0 Å². The number of carbonyl (C=O) groups is 2. The number of amides is 1. The highest BCUT2D eigenvalue weighted by Gasteiger charge is 2.27. The van der Waals surface area contributed by atoms with Crippen molar-refractivity contribution in [3.63, 3.8) is 0 Å². The number of nitrogens with one attached hydrogen (secondary N) is 1. The van der Waals surface area contributed by atoms with Gasteiger partial charge in [-0.2, -0.15) is 4.99 Å². The maximum Gasteiger partial charge on any atom is 0.320 e. The van der Waals surface area contributed by atoms with Crippen LogP contribution in [0, 0.1) is 11.8 Å². The molecule has 1 fully saturated rings. The molecule has 4 rings (SSSR count). The van der Waals surface area contributed by atoms with Gasteiger partial charge in [-0.25, -0.2) is 9.38 Å². The lowest BCUT2D eigenvalue weighted by molar-refractivity contribution is -0.132. The van der Waals surface area contributed by atoms with Crippen molar-refractivity contribution in [2.24, 2.45) is 9.98 Å². The quantitative estimate of drug-likeness (QED) is 0.399. The van der Waals surface area contributed by atoms with Crippen LogP contribution in [0.15, 0.2) is 58.5 Å². The molecule has 0 radical (unpaired) electrons. The SMILES string of the molecule is COC1CN(Cc2ccc(C#Cc3ccc(C(CN[C@@H](C)CF)CC4=NC=NC(=O)C4=O)cc3)cc2)C1. The van der Waals surface area contributed by atoms with Gasteiger partial charge in [0, 0.05) is 62.8 Å². The third-order valence-corrected chi connectivity index (χ3v) is 6.58. The van der Waals surface area contributed by atoms with E-state index in [1.54, 1.807) is 14.0 Å². The summed E-state index contributed by atoms with van der Waals surface area (Å²) in [4.78, 5) is 33.6. The van der Waals surface area contributed by atoms with Crippen LogP contribution in [0.4, 0.5) is 4.39 Å². The second-order valence-electron chi connectivity index (χ2n) is 9.44. The first kappa shape index (κ1) is 26.6. The predicted molar refractivity (Wildman–Crippen MR) is 142 cm³/mol. The normalized spacial score (nSPS) is 17.5. The molecular weight excluding hydrogens is 471 g/mol. The first-order valence-electron chi connectivity index (χ1n) is 12.4. The number of alkyl halides is 1. The monoisotopic (exact) mass is 502 g/mol. The fraction of sp³-hybridized carbons (Fsp3) is 0.379. The van der Waals surface area contributed by atoms with Crippen molar-refractivity contribution in [1.29, 1.82) is 0 Å². The number of benzene rings is 2. The average Bonchev–Trinajstić information content (AvgIpc) is 2.90. The van der Waals surface area contributed by atoms with Crippen molar-refractivity contribution in [2.75, 3.05) is 33.4 Å². The third-order valence-electron chi connectivity index (χ3n) is 6.58. The minimum Gasteiger partial charge on any atom is -0.379 e. The number of methoxy groups -OCH3 is 1. The molecule has 2 atom stereocenters. The highest BCUT2D eigenvalue weighted by Crippen LogP contribution is 2.22. The molecule has 1 unspecified atom stereocenters. The van der Waals surface area contributed by atoms with Gasteiger partial charge in [0.2, 0.25) is 0 Å². The summed E-state index contributed by atoms with van der Waals surface area (Å²) in [5, 5.41) is 3.14. The zero-order valence-corrected chi connectivity index (χ0v) is 21.1. The van der Waals surface area contributed by atoms with Gasteiger partial charge >= 0.3 is 5.91 Å². The molecule has 2 aliphatic heterocycles. The lowest BCUT2D eigenvalue weighted by Crippen LogP contribution is -2.50. The van der Waals surface area contributed by atoms with Gasteiger partial charge in [-0.3, -0.25) is 14.5 Å². The smallest absolute Gasteiger partial charge is 0.320 e. The number of hydrogen-bond acceptors (Lipinski definition) is 6. The standard InChI is InChI=1S/C29H31FN4O3/c1-20(14-30)31-15-25(13-27-28(35)29(36)33-19-32-27)24-11-9-22(10-12-24)4-3-21-5-7-23(8-6-21)16-34-17-26(18-34)37-2/h5-12,19-20,25-26,31H,13-18H2,1-2H3/t20-,25?/m0/s1. The number of Topliss-reactive ketones (excluding diaryl/α,β-unsaturated/α-hetero) is 1. The number of hydrogen-bond donors (Lipinski definition) is 1. The van der Waals surface area contributed by atoms with Crippen LogP contribution < -0.4 is 5.32 Å². The summed E-state index contributed by atoms with van der Waals surface area (Å²) in [6, 6.07) is 15.7. The Kier molecular flexibility index (Phi) is 9.07. The summed E-state index contributed by atoms with van der Waals surface area (Å²) >= 11 is 0. The van der Waals surface area contributed by atoms with E-state index in [0.29, 0.717) is 12.6 Å². The number of aliphatic imine (C=N–C) groups is 2. The number of ether oxygens (including phenoxy) is 1. The molecule has 2 aliphatic rings. The largest absolute Gasteiger partial charge is 0.379 e. The van der Waals surface area contributed by atoms with E-state index < -0.39 is 18.4 Å². The Hall–Kier alpha value is -3.51. The lowest BCUT2D eigenvalue weighted by atomic mass is 9.91. The number of ketones is 1. The van der Waals surface area contributed by atoms with E-state index in [0.717, 1.165) is 42.7 Å². The first-order valence-corrected chi connectivity index (χ1v) is 12.4. The Balaban J connectivity index is 1.40. The van der Waals surface area contributed by atoms with Gasteiger partial charge < -0.3 is 10.1 Å². The maximum absolute atomic E-state index is 13.0. The third kappa shape index (κ3) is 7.26. The molecule has 2 aromatic carbocycles. The fourth-order valence-corrected chi connectivity index (χ4v) is 4.21. The maximum atomic E-state index is 13.0. The second-order valence-corrected chi connectivity index (χ2v) is 9.44. The van der Waals surface area contributed by atoms with E-state index >= 15 is 0 Å². The summed E-state index contributed by atoms with van der Waals surface area (Å²) in [6.45, 7) is 4.54. The van der Waals surface area contributed by atoms with Crippen LogP contribution >= 0.6 is 0 Å². The molecule has 37 heavy (non-hydrogen) atoms. The van der Waals surface area contributed by atoms with Gasteiger partial charge in [-0.1, -0.05) is 36.1 Å². The Bertz CT molecular complexity index is 1220. The minimum atomic E-state index is -0.812. The molecule has 0 bridgehead atoms. The Morgan fingerprint density at radius 1 is 1.08 bits per heavy atom. The Labute approximate surface area is 216 Å². The molecule has 1 amide bonds. The number of rotatable bonds is 10. The summed E-state index contributed by atoms with van der Waals surface area (Å²) in [5.74, 6) is 4.73. The van der Waals surface area contributed by atoms with Crippen LogP contribution in [0.3, 0.4) is 0 Å². The van der Waals surface area contributed by atoms with E-state index in [1.165, 1.54) is 5.56 Å². The Morgan fingerprint density at radius 3 is 2.35 bits per heavy atom. The molecule has 2 heterocycles. The lowest BCUT2D eigenvalue weighted by Gasteiger charge is -2.38. The minimum absolute atomic E-state index is 0.166. The van der Waals surface area contributed by atoms with Crippen LogP contribution in [0.2, 0.25) is 0 Å². The van der Waals surface area contributed by atoms with E-state index in [-0.39, 0.29) is 24.1 Å². The van der Waals surface area contributed by atoms with E-state index in [4.69, 9.17) is 4.74 Å². The number of halogens is 1. The van der Waals surface area contributed by atoms with Gasteiger partial charge in [0.15, 0.2) is 0 Å². The van der Waals surface area contributed by atoms with E-state index in [9.17, 15) is 14.0 Å². The molecule has 0 saturated carbocycles. The van der Waals surface area contributed by atoms with Crippen molar-refractivity contribution >= 4 is 23.7 Å². The van der Waals surface area contributed by atoms with Crippen LogP contribution in [0.5, 0.6) is 0 Å². The zero-order valence-electron chi connectivity index (χ0n) is 21.1. The molecular formula is C29H31FN4O3. The molecule has 7 nitrogen and oxygen atoms in total. The summed E-state index contributed by atoms with van der Waals surface area (Å²) in [6.07, 6.45) is 1.72. The number of likely N-dealkylation sites (tertiary alicyclic amines) is 1. The fourth-order valence-electron chi connectivity index (χ4n) is 4.21. The van der Waals surface area contributed by atoms with Crippen LogP contribution in [0.25, 0.3) is 0 Å². The summed E-state index contributed by atoms with van der Waals surface area (Å²) < 4.78 is 18.3. The first-order chi connectivity index (χ1) is 17.9. The molecule has 0 spiro atoms. The summed E-state index contributed by atoms with van der Waals surface area (Å²) in [7, 11) is 1.75. The van der Waals surface area contributed by atoms with Crippen LogP contribution in [-0.2, 0) is 20.9 Å². The topological polar surface area (TPSA) is 83.4 Å². The highest BCUT2D eigenvalue weighted by molar-refractivity contribution is 6.66. The van der Waals surface area contributed by atoms with Gasteiger partial charge in [-0.05, 0) is 42.3 Å². The van der Waals surface area contributed by atoms with Crippen LogP contribution in [0.1, 0.15) is 41.5 Å². The average molecular weight is 503 g/mol. The number of carbonyl (C=O) groups excluding carboxylic acids is 2. The van der Waals surface area contributed by atoms with Crippen LogP contribution in [-0.4, -0.2) is 74.2 Å². The van der Waals surface area contributed by atoms with Gasteiger partial charge in [0.05, 0.1) is 11.8 Å². The van der Waals surface area contributed by atoms with E-state index in [1.807, 2.05) is 36.4 Å². The van der Waals surface area contributed by atoms with Crippen molar-refractivity contribution < 1.29 is 18.7 Å². The second kappa shape index (κ2) is 12.6. The Morgan fingerprint density at radius 2 is 1.73 bits per heavy atom. The molecule has 192 valence electrons. The van der Waals surface area contributed by atoms with Gasteiger partial charge in [-0.15, -0.1) is 0 Å². The molecule has 8 heteroatoms. The predicted octanol–water partition coefficient (Wildman–Crippen LogP) is 2.92. The molecule has 1 N–H and O–H groups in total. The van der Waals surface area contributed by atoms with Crippen molar-refractivity contribution in [3.05, 3.63) is 70.8 Å². The molecule has 0 aromatic heterocycles. The highest BCUT2D eigenvalue weighted by atomic mass is 19.1. The molecule has 0 aliphatic carbocycles. The zero-order chi connectivity index (χ0) is 26.2. The van der Waals surface area contributed by atoms with Crippen molar-refractivity contribution in [1.82, 2.24) is 10.2 Å². The molecule has 2 aromatic rings. The van der Waals surface area contributed by atoms with E-state index in [2.05, 4.69) is 44.2 Å². The van der Waals surface area contributed by atoms with Gasteiger partial charge in [0.1, 0.15) is 13.0 Å². The van der Waals surface area contributed by atoms with Crippen molar-refractivity contribution in [3.8, 4) is 11.8 Å². The summed E-state index contributed by atoms with van der Waals surface area (Å²) in [5.41, 5.74) is 4.16. The number of nitrogens with zero attached hydrogens (tertiary/aromatic N) is 3. The molecule has 1 saturated heterocycles. The van der Waals surface area contributed by atoms with Gasteiger partial charge in [0.25, 0.3) is 5.78 Å².